The van der Waals surface area contributed by atoms with Crippen molar-refractivity contribution >= 4 is 23.2 Å². The molecule has 2 heterocycles. The minimum atomic E-state index is -0.668. The molecule has 7 heteroatoms. The van der Waals surface area contributed by atoms with Crippen molar-refractivity contribution < 1.29 is 14.0 Å². The summed E-state index contributed by atoms with van der Waals surface area (Å²) < 4.78 is 13.2. The second-order valence-corrected chi connectivity index (χ2v) is 7.54. The maximum absolute atomic E-state index is 13.3. The molecular weight excluding hydrogens is 377 g/mol. The zero-order chi connectivity index (χ0) is 19.7. The van der Waals surface area contributed by atoms with Crippen LogP contribution in [0.3, 0.4) is 0 Å². The topological polar surface area (TPSA) is 62.3 Å². The van der Waals surface area contributed by atoms with Gasteiger partial charge in [0.1, 0.15) is 21.7 Å². The normalized spacial score (nSPS) is 16.7. The van der Waals surface area contributed by atoms with E-state index in [1.54, 1.807) is 24.0 Å². The molecule has 1 aromatic heterocycles. The highest BCUT2D eigenvalue weighted by atomic mass is 32.1. The molecule has 1 fully saturated rings. The van der Waals surface area contributed by atoms with Crippen LogP contribution in [0.2, 0.25) is 0 Å². The smallest absolute Gasteiger partial charge is 0.266 e. The summed E-state index contributed by atoms with van der Waals surface area (Å²) in [5.74, 6) is -0.725. The van der Waals surface area contributed by atoms with E-state index in [0.29, 0.717) is 28.7 Å². The van der Waals surface area contributed by atoms with Gasteiger partial charge in [-0.15, -0.1) is 11.3 Å². The van der Waals surface area contributed by atoms with Crippen LogP contribution in [0.1, 0.15) is 27.0 Å². The fourth-order valence-corrected chi connectivity index (χ4v) is 4.32. The minimum absolute atomic E-state index is 0.188. The Morgan fingerprint density at radius 3 is 2.61 bits per heavy atom. The molecule has 0 bridgehead atoms. The molecule has 1 N–H and O–H groups in total. The molecule has 3 aromatic rings. The molecule has 0 radical (unpaired) electrons. The van der Waals surface area contributed by atoms with Crippen LogP contribution in [0.25, 0.3) is 10.6 Å². The average molecular weight is 395 g/mol. The number of thiazole rings is 1. The number of hydrogen-bond acceptors (Lipinski definition) is 4. The minimum Gasteiger partial charge on any atom is -0.352 e. The highest BCUT2D eigenvalue weighted by Gasteiger charge is 2.36. The summed E-state index contributed by atoms with van der Waals surface area (Å²) in [6.45, 7) is 2.61. The van der Waals surface area contributed by atoms with E-state index in [2.05, 4.69) is 10.3 Å². The Labute approximate surface area is 165 Å². The van der Waals surface area contributed by atoms with Crippen LogP contribution >= 0.6 is 11.3 Å². The zero-order valence-corrected chi connectivity index (χ0v) is 16.0. The van der Waals surface area contributed by atoms with Crippen LogP contribution in [0, 0.1) is 12.7 Å². The summed E-state index contributed by atoms with van der Waals surface area (Å²) in [6, 6.07) is 14.6. The van der Waals surface area contributed by atoms with Gasteiger partial charge in [0, 0.05) is 18.7 Å². The summed E-state index contributed by atoms with van der Waals surface area (Å²) in [5.41, 5.74) is 2.13. The monoisotopic (exact) mass is 395 g/mol. The number of nitrogens with one attached hydrogen (secondary N) is 1. The number of benzene rings is 2. The van der Waals surface area contributed by atoms with Gasteiger partial charge in [-0.25, -0.2) is 9.37 Å². The first-order valence-corrected chi connectivity index (χ1v) is 9.73. The third-order valence-corrected chi connectivity index (χ3v) is 5.86. The van der Waals surface area contributed by atoms with Gasteiger partial charge in [-0.05, 0) is 36.8 Å². The molecule has 142 valence electrons. The van der Waals surface area contributed by atoms with Gasteiger partial charge in [0.15, 0.2) is 0 Å². The van der Waals surface area contributed by atoms with Crippen molar-refractivity contribution in [3.8, 4) is 10.6 Å². The maximum atomic E-state index is 13.3. The summed E-state index contributed by atoms with van der Waals surface area (Å²) in [7, 11) is 0. The molecule has 0 spiro atoms. The van der Waals surface area contributed by atoms with Crippen molar-refractivity contribution in [2.24, 2.45) is 0 Å². The van der Waals surface area contributed by atoms with Gasteiger partial charge in [0.05, 0.1) is 5.69 Å². The van der Waals surface area contributed by atoms with Crippen molar-refractivity contribution in [3.05, 3.63) is 76.5 Å². The van der Waals surface area contributed by atoms with Crippen molar-refractivity contribution in [2.45, 2.75) is 13.0 Å². The van der Waals surface area contributed by atoms with Gasteiger partial charge >= 0.3 is 0 Å². The molecule has 5 nitrogen and oxygen atoms in total. The molecule has 4 rings (SSSR count). The highest BCUT2D eigenvalue weighted by molar-refractivity contribution is 7.17. The molecule has 1 aliphatic rings. The van der Waals surface area contributed by atoms with Crippen molar-refractivity contribution in [2.75, 3.05) is 13.1 Å². The lowest BCUT2D eigenvalue weighted by Crippen LogP contribution is -2.52. The molecule has 1 aliphatic heterocycles. The predicted octanol–water partition coefficient (Wildman–Crippen LogP) is 3.57. The summed E-state index contributed by atoms with van der Waals surface area (Å²) in [5, 5.41) is 3.49. The van der Waals surface area contributed by atoms with E-state index in [1.165, 1.54) is 23.5 Å². The van der Waals surface area contributed by atoms with Crippen molar-refractivity contribution in [1.82, 2.24) is 15.2 Å². The molecule has 1 atom stereocenters. The first-order valence-electron chi connectivity index (χ1n) is 8.91. The third-order valence-electron chi connectivity index (χ3n) is 4.67. The lowest BCUT2D eigenvalue weighted by atomic mass is 10.0. The van der Waals surface area contributed by atoms with Gasteiger partial charge in [0.2, 0.25) is 5.91 Å². The fourth-order valence-electron chi connectivity index (χ4n) is 3.29. The Hall–Kier alpha value is -3.06. The van der Waals surface area contributed by atoms with E-state index >= 15 is 0 Å². The summed E-state index contributed by atoms with van der Waals surface area (Å²) >= 11 is 1.26. The number of amides is 2. The molecule has 2 amide bonds. The van der Waals surface area contributed by atoms with Gasteiger partial charge in [-0.2, -0.15) is 0 Å². The Bertz CT molecular complexity index is 1020. The molecule has 0 unspecified atom stereocenters. The second kappa shape index (κ2) is 7.52. The lowest BCUT2D eigenvalue weighted by Gasteiger charge is -2.35. The SMILES string of the molecule is Cc1nc(-c2ccc(F)cc2)sc1C(=O)N1CCNC(=O)[C@@H]1c1ccccc1. The Morgan fingerprint density at radius 2 is 1.89 bits per heavy atom. The molecular formula is C21H18FN3O2S. The largest absolute Gasteiger partial charge is 0.352 e. The van der Waals surface area contributed by atoms with E-state index < -0.39 is 6.04 Å². The van der Waals surface area contributed by atoms with Crippen molar-refractivity contribution in [3.63, 3.8) is 0 Å². The second-order valence-electron chi connectivity index (χ2n) is 6.54. The molecule has 0 aliphatic carbocycles. The van der Waals surface area contributed by atoms with Crippen LogP contribution in [0.4, 0.5) is 4.39 Å². The Balaban J connectivity index is 1.68. The number of nitrogens with zero attached hydrogens (tertiary/aromatic N) is 2. The van der Waals surface area contributed by atoms with Crippen molar-refractivity contribution in [1.29, 1.82) is 0 Å². The van der Waals surface area contributed by atoms with Crippen LogP contribution in [0.5, 0.6) is 0 Å². The maximum Gasteiger partial charge on any atom is 0.266 e. The fraction of sp³-hybridized carbons (Fsp3) is 0.190. The number of carbonyl (C=O) groups is 2. The van der Waals surface area contributed by atoms with E-state index in [1.807, 2.05) is 30.3 Å². The number of carbonyl (C=O) groups excluding carboxylic acids is 2. The number of aryl methyl sites for hydroxylation is 1. The number of piperazine rings is 1. The Morgan fingerprint density at radius 1 is 1.18 bits per heavy atom. The standard InChI is InChI=1S/C21H18FN3O2S/c1-13-18(28-20(24-13)15-7-9-16(22)10-8-15)21(27)25-12-11-23-19(26)17(25)14-5-3-2-4-6-14/h2-10,17H,11-12H2,1H3,(H,23,26)/t17-/m0/s1. The van der Waals surface area contributed by atoms with Gasteiger partial charge in [-0.3, -0.25) is 9.59 Å². The van der Waals surface area contributed by atoms with Crippen LogP contribution in [-0.2, 0) is 4.79 Å². The highest BCUT2D eigenvalue weighted by Crippen LogP contribution is 2.32. The van der Waals surface area contributed by atoms with Crippen LogP contribution < -0.4 is 5.32 Å². The van der Waals surface area contributed by atoms with Crippen LogP contribution in [0.15, 0.2) is 54.6 Å². The number of rotatable bonds is 3. The van der Waals surface area contributed by atoms with Gasteiger partial charge in [-0.1, -0.05) is 30.3 Å². The predicted molar refractivity (Wildman–Crippen MR) is 105 cm³/mol. The first kappa shape index (κ1) is 18.3. The number of aromatic nitrogens is 1. The number of hydrogen-bond donors (Lipinski definition) is 1. The van der Waals surface area contributed by atoms with Crippen LogP contribution in [-0.4, -0.2) is 34.8 Å². The van der Waals surface area contributed by atoms with E-state index in [4.69, 9.17) is 0 Å². The van der Waals surface area contributed by atoms with E-state index in [0.717, 1.165) is 11.1 Å². The first-order chi connectivity index (χ1) is 13.5. The summed E-state index contributed by atoms with van der Waals surface area (Å²) in [6.07, 6.45) is 0. The molecule has 2 aromatic carbocycles. The third kappa shape index (κ3) is 3.41. The van der Waals surface area contributed by atoms with E-state index in [9.17, 15) is 14.0 Å². The van der Waals surface area contributed by atoms with Gasteiger partial charge in [0.25, 0.3) is 5.91 Å². The van der Waals surface area contributed by atoms with E-state index in [-0.39, 0.29) is 17.6 Å². The number of halogens is 1. The summed E-state index contributed by atoms with van der Waals surface area (Å²) in [4.78, 5) is 32.4. The quantitative estimate of drug-likeness (QED) is 0.738. The lowest BCUT2D eigenvalue weighted by molar-refractivity contribution is -0.128. The molecule has 28 heavy (non-hydrogen) atoms. The van der Waals surface area contributed by atoms with Gasteiger partial charge < -0.3 is 10.2 Å². The Kier molecular flexibility index (Phi) is 4.92. The average Bonchev–Trinajstić information content (AvgIpc) is 3.10. The zero-order valence-electron chi connectivity index (χ0n) is 15.2. The molecule has 1 saturated heterocycles. The molecule has 0 saturated carbocycles.